The Bertz CT molecular complexity index is 537. The Hall–Kier alpha value is -2.98. The number of nitrogens with one attached hydrogen (secondary N) is 3. The summed E-state index contributed by atoms with van der Waals surface area (Å²) in [6, 6.07) is 0. The smallest absolute Gasteiger partial charge is 0.408 e. The molecule has 0 aliphatic heterocycles. The molecule has 31 heavy (non-hydrogen) atoms. The van der Waals surface area contributed by atoms with Crippen LogP contribution in [0.2, 0.25) is 0 Å². The van der Waals surface area contributed by atoms with Gasteiger partial charge in [-0.05, 0) is 34.6 Å². The molecule has 0 aliphatic rings. The standard InChI is InChI=1S/C6H12N2O3.C6H10O3.C4H9NO.C4H8O/c1-3-11-6(10)8-4-7-5(2)9;1-3-9-6(8)4-5(2)7;1-3-5-4(2)6;1-3-4(2)5/h3-4H2,1-2H3,(H,7,9)(H,8,10);3-4H2,1-2H3;3H2,1-2H3,(H,5,6);3H2,1-2H3. The van der Waals surface area contributed by atoms with Gasteiger partial charge in [0.1, 0.15) is 18.0 Å². The van der Waals surface area contributed by atoms with Gasteiger partial charge in [0.2, 0.25) is 11.8 Å². The van der Waals surface area contributed by atoms with E-state index in [1.165, 1.54) is 20.8 Å². The van der Waals surface area contributed by atoms with Gasteiger partial charge in [0.25, 0.3) is 0 Å². The van der Waals surface area contributed by atoms with Crippen molar-refractivity contribution < 1.29 is 38.2 Å². The van der Waals surface area contributed by atoms with Crippen LogP contribution in [0.4, 0.5) is 4.79 Å². The van der Waals surface area contributed by atoms with Gasteiger partial charge >= 0.3 is 12.1 Å². The molecule has 0 rings (SSSR count). The van der Waals surface area contributed by atoms with Crippen molar-refractivity contribution in [3.05, 3.63) is 0 Å². The van der Waals surface area contributed by atoms with Crippen LogP contribution >= 0.6 is 0 Å². The molecule has 0 bridgehead atoms. The van der Waals surface area contributed by atoms with Crippen molar-refractivity contribution in [1.29, 1.82) is 0 Å². The molecule has 0 saturated carbocycles. The van der Waals surface area contributed by atoms with E-state index in [4.69, 9.17) is 0 Å². The number of rotatable bonds is 8. The fraction of sp³-hybridized carbons (Fsp3) is 0.700. The summed E-state index contributed by atoms with van der Waals surface area (Å²) in [5.74, 6) is -0.497. The number of ketones is 2. The zero-order valence-electron chi connectivity index (χ0n) is 20.0. The lowest BCUT2D eigenvalue weighted by Gasteiger charge is -2.04. The van der Waals surface area contributed by atoms with Gasteiger partial charge in [0, 0.05) is 26.8 Å². The van der Waals surface area contributed by atoms with E-state index in [9.17, 15) is 28.8 Å². The largest absolute Gasteiger partial charge is 0.466 e. The fourth-order valence-corrected chi connectivity index (χ4v) is 1.09. The molecule has 0 unspecified atom stereocenters. The lowest BCUT2D eigenvalue weighted by atomic mass is 10.3. The van der Waals surface area contributed by atoms with Gasteiger partial charge in [0.05, 0.1) is 19.9 Å². The number of carbonyl (C=O) groups is 6. The third kappa shape index (κ3) is 52.1. The van der Waals surface area contributed by atoms with Gasteiger partial charge in [-0.2, -0.15) is 0 Å². The highest BCUT2D eigenvalue weighted by atomic mass is 16.5. The first-order chi connectivity index (χ1) is 14.4. The van der Waals surface area contributed by atoms with Gasteiger partial charge in [-0.15, -0.1) is 0 Å². The molecule has 3 amide bonds. The van der Waals surface area contributed by atoms with E-state index < -0.39 is 12.1 Å². The van der Waals surface area contributed by atoms with Crippen molar-refractivity contribution in [1.82, 2.24) is 16.0 Å². The summed E-state index contributed by atoms with van der Waals surface area (Å²) >= 11 is 0. The van der Waals surface area contributed by atoms with Crippen LogP contribution in [0.1, 0.15) is 68.2 Å². The SMILES string of the molecule is CCC(C)=O.CCNC(C)=O.CCOC(=O)CC(C)=O.CCOC(=O)NCNC(C)=O. The minimum absolute atomic E-state index is 0.0394. The molecule has 3 N–H and O–H groups in total. The third-order valence-electron chi connectivity index (χ3n) is 2.47. The van der Waals surface area contributed by atoms with Crippen LogP contribution in [0, 0.1) is 0 Å². The van der Waals surface area contributed by atoms with Gasteiger partial charge in [-0.1, -0.05) is 6.92 Å². The summed E-state index contributed by atoms with van der Waals surface area (Å²) in [5, 5.41) is 7.28. The summed E-state index contributed by atoms with van der Waals surface area (Å²) in [6.07, 6.45) is 0.0367. The first-order valence-electron chi connectivity index (χ1n) is 9.91. The van der Waals surface area contributed by atoms with Crippen molar-refractivity contribution >= 4 is 35.4 Å². The average molecular weight is 450 g/mol. The normalized spacial score (nSPS) is 8.26. The Morgan fingerprint density at radius 1 is 0.645 bits per heavy atom. The quantitative estimate of drug-likeness (QED) is 0.286. The summed E-state index contributed by atoms with van der Waals surface area (Å²) < 4.78 is 9.02. The Balaban J connectivity index is -0.000000164. The van der Waals surface area contributed by atoms with Gasteiger partial charge in [-0.25, -0.2) is 4.79 Å². The number of carbonyl (C=O) groups excluding carboxylic acids is 6. The van der Waals surface area contributed by atoms with Crippen molar-refractivity contribution in [3.63, 3.8) is 0 Å². The van der Waals surface area contributed by atoms with Gasteiger partial charge in [-0.3, -0.25) is 19.2 Å². The van der Waals surface area contributed by atoms with Crippen molar-refractivity contribution in [2.75, 3.05) is 26.4 Å². The van der Waals surface area contributed by atoms with Crippen molar-refractivity contribution in [2.45, 2.75) is 68.2 Å². The molecule has 0 atom stereocenters. The molecule has 0 aromatic carbocycles. The summed E-state index contributed by atoms with van der Waals surface area (Å²) in [7, 11) is 0. The number of alkyl carbamates (subject to hydrolysis) is 1. The first-order valence-corrected chi connectivity index (χ1v) is 9.91. The second kappa shape index (κ2) is 27.0. The molecule has 0 saturated heterocycles. The molecule has 0 aromatic heterocycles. The second-order valence-corrected chi connectivity index (χ2v) is 5.63. The highest BCUT2D eigenvalue weighted by Crippen LogP contribution is 1.86. The van der Waals surface area contributed by atoms with Crippen LogP contribution in [0.5, 0.6) is 0 Å². The number of Topliss-reactive ketones (excluding diaryl/α,β-unsaturated/α-hetero) is 2. The van der Waals surface area contributed by atoms with Crippen LogP contribution < -0.4 is 16.0 Å². The van der Waals surface area contributed by atoms with E-state index in [0.717, 1.165) is 6.54 Å². The van der Waals surface area contributed by atoms with E-state index >= 15 is 0 Å². The van der Waals surface area contributed by atoms with Gasteiger partial charge < -0.3 is 30.2 Å². The molecular formula is C20H39N3O8. The number of amides is 3. The number of hydrogen-bond donors (Lipinski definition) is 3. The lowest BCUT2D eigenvalue weighted by molar-refractivity contribution is -0.145. The van der Waals surface area contributed by atoms with E-state index in [2.05, 4.69) is 25.4 Å². The highest BCUT2D eigenvalue weighted by molar-refractivity contribution is 5.94. The maximum absolute atomic E-state index is 10.5. The Morgan fingerprint density at radius 3 is 1.35 bits per heavy atom. The maximum Gasteiger partial charge on any atom is 0.408 e. The molecule has 11 nitrogen and oxygen atoms in total. The van der Waals surface area contributed by atoms with Crippen molar-refractivity contribution in [3.8, 4) is 0 Å². The lowest BCUT2D eigenvalue weighted by Crippen LogP contribution is -2.36. The Kier molecular flexibility index (Phi) is 30.9. The molecule has 0 aromatic rings. The number of hydrogen-bond acceptors (Lipinski definition) is 8. The Morgan fingerprint density at radius 2 is 1.10 bits per heavy atom. The molecule has 0 aliphatic carbocycles. The molecule has 0 heterocycles. The van der Waals surface area contributed by atoms with Crippen LogP contribution in [-0.2, 0) is 33.4 Å². The zero-order valence-corrected chi connectivity index (χ0v) is 20.0. The topological polar surface area (TPSA) is 157 Å². The molecular weight excluding hydrogens is 410 g/mol. The molecule has 11 heteroatoms. The fourth-order valence-electron chi connectivity index (χ4n) is 1.09. The zero-order chi connectivity index (χ0) is 25.2. The number of esters is 1. The minimum Gasteiger partial charge on any atom is -0.466 e. The van der Waals surface area contributed by atoms with Crippen LogP contribution in [0.15, 0.2) is 0 Å². The van der Waals surface area contributed by atoms with Crippen LogP contribution in [0.25, 0.3) is 0 Å². The van der Waals surface area contributed by atoms with Crippen LogP contribution in [-0.4, -0.2) is 61.9 Å². The average Bonchev–Trinajstić information content (AvgIpc) is 2.62. The predicted octanol–water partition coefficient (Wildman–Crippen LogP) is 1.48. The summed E-state index contributed by atoms with van der Waals surface area (Å²) in [4.78, 5) is 61.2. The van der Waals surface area contributed by atoms with Gasteiger partial charge in [0.15, 0.2) is 0 Å². The Labute approximate surface area is 185 Å². The summed E-state index contributed by atoms with van der Waals surface area (Å²) in [5.41, 5.74) is 0. The molecule has 0 radical (unpaired) electrons. The monoisotopic (exact) mass is 449 g/mol. The molecule has 0 spiro atoms. The minimum atomic E-state index is -0.527. The first kappa shape index (κ1) is 35.5. The van der Waals surface area contributed by atoms with Crippen molar-refractivity contribution in [2.24, 2.45) is 0 Å². The highest BCUT2D eigenvalue weighted by Gasteiger charge is 2.03. The number of ether oxygens (including phenoxy) is 2. The van der Waals surface area contributed by atoms with E-state index in [1.807, 2.05) is 13.8 Å². The van der Waals surface area contributed by atoms with Crippen LogP contribution in [0.3, 0.4) is 0 Å². The van der Waals surface area contributed by atoms with E-state index in [0.29, 0.717) is 19.6 Å². The molecule has 182 valence electrons. The third-order valence-corrected chi connectivity index (χ3v) is 2.47. The van der Waals surface area contributed by atoms with E-state index in [1.54, 1.807) is 20.8 Å². The summed E-state index contributed by atoms with van der Waals surface area (Å²) in [6.45, 7) is 14.5. The van der Waals surface area contributed by atoms with E-state index in [-0.39, 0.29) is 36.5 Å². The second-order valence-electron chi connectivity index (χ2n) is 5.63. The predicted molar refractivity (Wildman–Crippen MR) is 116 cm³/mol. The maximum atomic E-state index is 10.5. The molecule has 0 fully saturated rings.